The van der Waals surface area contributed by atoms with E-state index in [0.717, 1.165) is 44.7 Å². The SMILES string of the molecule is CCCC(C)Oc1nc(N)c2[nH]c(=O)n(CCCCCC3CCNCC3)c2n1. The van der Waals surface area contributed by atoms with E-state index in [0.29, 0.717) is 17.7 Å². The summed E-state index contributed by atoms with van der Waals surface area (Å²) in [4.78, 5) is 23.8. The molecule has 0 bridgehead atoms. The standard InChI is InChI=1S/C20H34N6O2/c1-3-7-14(2)28-19-24-17(21)16-18(25-19)26(20(27)23-16)13-6-4-5-8-15-9-11-22-12-10-15/h14-15,22H,3-13H2,1-2H3,(H,23,27)(H2,21,24,25). The van der Waals surface area contributed by atoms with Gasteiger partial charge in [0.2, 0.25) is 0 Å². The highest BCUT2D eigenvalue weighted by Gasteiger charge is 2.16. The molecular weight excluding hydrogens is 356 g/mol. The summed E-state index contributed by atoms with van der Waals surface area (Å²) in [6.45, 7) is 7.02. The van der Waals surface area contributed by atoms with E-state index in [2.05, 4.69) is 27.2 Å². The molecule has 1 atom stereocenters. The number of ether oxygens (including phenoxy) is 1. The number of hydrogen-bond donors (Lipinski definition) is 3. The van der Waals surface area contributed by atoms with Crippen molar-refractivity contribution in [2.75, 3.05) is 18.8 Å². The third-order valence-corrected chi connectivity index (χ3v) is 5.58. The van der Waals surface area contributed by atoms with Crippen LogP contribution in [0, 0.1) is 5.92 Å². The molecule has 3 rings (SSSR count). The molecule has 2 aromatic rings. The number of imidazole rings is 1. The summed E-state index contributed by atoms with van der Waals surface area (Å²) in [5, 5.41) is 3.41. The second kappa shape index (κ2) is 9.91. The van der Waals surface area contributed by atoms with Crippen LogP contribution >= 0.6 is 0 Å². The number of aromatic amines is 1. The van der Waals surface area contributed by atoms with Crippen molar-refractivity contribution in [3.8, 4) is 6.01 Å². The first-order chi connectivity index (χ1) is 13.6. The Bertz CT molecular complexity index is 809. The minimum absolute atomic E-state index is 0.0101. The minimum Gasteiger partial charge on any atom is -0.460 e. The molecule has 0 aliphatic carbocycles. The first-order valence-electron chi connectivity index (χ1n) is 10.7. The number of rotatable bonds is 10. The number of hydrogen-bond acceptors (Lipinski definition) is 6. The normalized spacial score (nSPS) is 16.5. The van der Waals surface area contributed by atoms with Gasteiger partial charge in [-0.3, -0.25) is 4.57 Å². The fourth-order valence-electron chi connectivity index (χ4n) is 3.99. The van der Waals surface area contributed by atoms with Crippen LogP contribution in [0.4, 0.5) is 5.82 Å². The fourth-order valence-corrected chi connectivity index (χ4v) is 3.99. The number of aromatic nitrogens is 4. The molecule has 156 valence electrons. The van der Waals surface area contributed by atoms with Gasteiger partial charge in [0.25, 0.3) is 0 Å². The number of nitrogen functional groups attached to an aromatic ring is 1. The summed E-state index contributed by atoms with van der Waals surface area (Å²) in [6, 6.07) is 0.240. The van der Waals surface area contributed by atoms with Gasteiger partial charge < -0.3 is 20.8 Å². The van der Waals surface area contributed by atoms with Crippen molar-refractivity contribution in [1.82, 2.24) is 24.8 Å². The Hall–Kier alpha value is -2.09. The van der Waals surface area contributed by atoms with Crippen molar-refractivity contribution < 1.29 is 4.74 Å². The smallest absolute Gasteiger partial charge is 0.327 e. The Morgan fingerprint density at radius 3 is 2.79 bits per heavy atom. The number of H-pyrrole nitrogens is 1. The lowest BCUT2D eigenvalue weighted by Gasteiger charge is -2.22. The molecule has 1 unspecified atom stereocenters. The first kappa shape index (κ1) is 20.6. The Morgan fingerprint density at radius 2 is 2.04 bits per heavy atom. The van der Waals surface area contributed by atoms with Gasteiger partial charge in [-0.1, -0.05) is 32.6 Å². The molecule has 1 saturated heterocycles. The van der Waals surface area contributed by atoms with Gasteiger partial charge in [0.15, 0.2) is 11.5 Å². The molecule has 1 aliphatic heterocycles. The quantitative estimate of drug-likeness (QED) is 0.538. The molecular formula is C20H34N6O2. The monoisotopic (exact) mass is 390 g/mol. The third-order valence-electron chi connectivity index (χ3n) is 5.58. The molecule has 0 radical (unpaired) electrons. The largest absolute Gasteiger partial charge is 0.460 e. The van der Waals surface area contributed by atoms with E-state index in [1.54, 1.807) is 4.57 Å². The number of anilines is 1. The van der Waals surface area contributed by atoms with Crippen molar-refractivity contribution in [2.24, 2.45) is 5.92 Å². The third kappa shape index (κ3) is 5.25. The number of nitrogens with two attached hydrogens (primary N) is 1. The summed E-state index contributed by atoms with van der Waals surface area (Å²) >= 11 is 0. The number of piperidine rings is 1. The molecule has 3 heterocycles. The molecule has 1 fully saturated rings. The molecule has 4 N–H and O–H groups in total. The number of nitrogens with zero attached hydrogens (tertiary/aromatic N) is 3. The number of unbranched alkanes of at least 4 members (excludes halogenated alkanes) is 2. The average molecular weight is 391 g/mol. The van der Waals surface area contributed by atoms with Crippen molar-refractivity contribution in [2.45, 2.75) is 77.9 Å². The molecule has 8 nitrogen and oxygen atoms in total. The van der Waals surface area contributed by atoms with E-state index in [9.17, 15) is 4.79 Å². The van der Waals surface area contributed by atoms with E-state index in [4.69, 9.17) is 10.5 Å². The van der Waals surface area contributed by atoms with Crippen LogP contribution in [-0.4, -0.2) is 38.7 Å². The maximum Gasteiger partial charge on any atom is 0.327 e. The van der Waals surface area contributed by atoms with E-state index in [1.165, 1.54) is 25.7 Å². The van der Waals surface area contributed by atoms with Crippen LogP contribution in [0.1, 0.15) is 65.2 Å². The highest BCUT2D eigenvalue weighted by atomic mass is 16.5. The van der Waals surface area contributed by atoms with Gasteiger partial charge in [0.1, 0.15) is 5.52 Å². The summed E-state index contributed by atoms with van der Waals surface area (Å²) in [5.41, 5.74) is 6.87. The van der Waals surface area contributed by atoms with Crippen molar-refractivity contribution >= 4 is 17.0 Å². The van der Waals surface area contributed by atoms with Crippen LogP contribution in [0.2, 0.25) is 0 Å². The zero-order valence-electron chi connectivity index (χ0n) is 17.2. The Morgan fingerprint density at radius 1 is 1.25 bits per heavy atom. The topological polar surface area (TPSA) is 111 Å². The molecule has 8 heteroatoms. The van der Waals surface area contributed by atoms with Crippen LogP contribution in [-0.2, 0) is 6.54 Å². The van der Waals surface area contributed by atoms with Gasteiger partial charge in [-0.05, 0) is 51.6 Å². The van der Waals surface area contributed by atoms with E-state index in [1.807, 2.05) is 6.92 Å². The van der Waals surface area contributed by atoms with Crippen LogP contribution in [0.15, 0.2) is 4.79 Å². The van der Waals surface area contributed by atoms with Gasteiger partial charge in [-0.2, -0.15) is 9.97 Å². The van der Waals surface area contributed by atoms with Crippen molar-refractivity contribution in [1.29, 1.82) is 0 Å². The second-order valence-corrected chi connectivity index (χ2v) is 7.93. The Labute approximate surface area is 166 Å². The molecule has 0 aromatic carbocycles. The highest BCUT2D eigenvalue weighted by molar-refractivity contribution is 5.81. The molecule has 28 heavy (non-hydrogen) atoms. The molecule has 2 aromatic heterocycles. The lowest BCUT2D eigenvalue weighted by Crippen LogP contribution is -2.27. The van der Waals surface area contributed by atoms with E-state index in [-0.39, 0.29) is 23.6 Å². The van der Waals surface area contributed by atoms with E-state index < -0.39 is 0 Å². The van der Waals surface area contributed by atoms with Crippen molar-refractivity contribution in [3.05, 3.63) is 10.5 Å². The number of fused-ring (bicyclic) bond motifs is 1. The Kier molecular flexibility index (Phi) is 7.30. The minimum atomic E-state index is -0.187. The van der Waals surface area contributed by atoms with Gasteiger partial charge in [0.05, 0.1) is 6.10 Å². The van der Waals surface area contributed by atoms with Crippen LogP contribution in [0.3, 0.4) is 0 Å². The lowest BCUT2D eigenvalue weighted by molar-refractivity contribution is 0.193. The van der Waals surface area contributed by atoms with Crippen molar-refractivity contribution in [3.63, 3.8) is 0 Å². The van der Waals surface area contributed by atoms with Crippen LogP contribution in [0.25, 0.3) is 11.2 Å². The number of aryl methyl sites for hydroxylation is 1. The van der Waals surface area contributed by atoms with E-state index >= 15 is 0 Å². The van der Waals surface area contributed by atoms with Gasteiger partial charge in [-0.25, -0.2) is 4.79 Å². The summed E-state index contributed by atoms with van der Waals surface area (Å²) in [6.07, 6.45) is 9.08. The maximum absolute atomic E-state index is 12.4. The summed E-state index contributed by atoms with van der Waals surface area (Å²) in [5.74, 6) is 1.11. The lowest BCUT2D eigenvalue weighted by atomic mass is 9.92. The molecule has 0 amide bonds. The van der Waals surface area contributed by atoms with Crippen LogP contribution < -0.4 is 21.5 Å². The van der Waals surface area contributed by atoms with Gasteiger partial charge in [-0.15, -0.1) is 0 Å². The highest BCUT2D eigenvalue weighted by Crippen LogP contribution is 2.21. The first-order valence-corrected chi connectivity index (χ1v) is 10.7. The number of nitrogens with one attached hydrogen (secondary N) is 2. The van der Waals surface area contributed by atoms with Gasteiger partial charge >= 0.3 is 11.7 Å². The zero-order chi connectivity index (χ0) is 19.9. The summed E-state index contributed by atoms with van der Waals surface area (Å²) < 4.78 is 7.44. The zero-order valence-corrected chi connectivity index (χ0v) is 17.2. The summed E-state index contributed by atoms with van der Waals surface area (Å²) in [7, 11) is 0. The second-order valence-electron chi connectivity index (χ2n) is 7.93. The van der Waals surface area contributed by atoms with Gasteiger partial charge in [0, 0.05) is 6.54 Å². The van der Waals surface area contributed by atoms with Crippen LogP contribution in [0.5, 0.6) is 6.01 Å². The molecule has 1 aliphatic rings. The fraction of sp³-hybridized carbons (Fsp3) is 0.750. The predicted molar refractivity (Wildman–Crippen MR) is 112 cm³/mol. The maximum atomic E-state index is 12.4. The Balaban J connectivity index is 1.60. The molecule has 0 saturated carbocycles. The molecule has 0 spiro atoms. The predicted octanol–water partition coefficient (Wildman–Crippen LogP) is 2.83. The average Bonchev–Trinajstić information content (AvgIpc) is 2.99.